The van der Waals surface area contributed by atoms with Crippen LogP contribution in [0.1, 0.15) is 5.56 Å². The summed E-state index contributed by atoms with van der Waals surface area (Å²) in [5, 5.41) is 5.55. The molecule has 0 bridgehead atoms. The fourth-order valence-electron chi connectivity index (χ4n) is 6.07. The molecule has 0 radical (unpaired) electrons. The van der Waals surface area contributed by atoms with Crippen LogP contribution in [0.4, 0.5) is 0 Å². The molecule has 4 heterocycles. The van der Waals surface area contributed by atoms with Crippen molar-refractivity contribution in [1.29, 1.82) is 0 Å². The molecule has 7 nitrogen and oxygen atoms in total. The molecule has 5 aromatic rings. The molecule has 3 aliphatic rings. The summed E-state index contributed by atoms with van der Waals surface area (Å²) in [6.45, 7) is 1.29. The molecule has 0 spiro atoms. The Morgan fingerprint density at radius 1 is 0.730 bits per heavy atom. The second-order valence-electron chi connectivity index (χ2n) is 9.20. The first-order chi connectivity index (χ1) is 17.8. The first-order valence-corrected chi connectivity index (χ1v) is 11.9. The van der Waals surface area contributed by atoms with E-state index in [2.05, 4.69) is 41.0 Å². The number of pyridine rings is 1. The van der Waals surface area contributed by atoms with Gasteiger partial charge in [-0.3, -0.25) is 0 Å². The van der Waals surface area contributed by atoms with E-state index in [1.165, 1.54) is 16.5 Å². The fourth-order valence-corrected chi connectivity index (χ4v) is 6.07. The summed E-state index contributed by atoms with van der Waals surface area (Å²) in [7, 11) is 3.37. The van der Waals surface area contributed by atoms with Crippen LogP contribution < -0.4 is 50.0 Å². The number of aromatic nitrogens is 1. The number of ether oxygens (including phenoxy) is 6. The molecule has 37 heavy (non-hydrogen) atoms. The highest BCUT2D eigenvalue weighted by atomic mass is 79.9. The first kappa shape index (κ1) is 22.3. The lowest BCUT2D eigenvalue weighted by molar-refractivity contribution is -0.659. The van der Waals surface area contributed by atoms with Gasteiger partial charge in [-0.1, -0.05) is 0 Å². The molecule has 8 rings (SSSR count). The Morgan fingerprint density at radius 2 is 1.51 bits per heavy atom. The molecule has 3 aliphatic heterocycles. The predicted molar refractivity (Wildman–Crippen MR) is 134 cm³/mol. The first-order valence-electron chi connectivity index (χ1n) is 11.9. The third-order valence-electron chi connectivity index (χ3n) is 7.55. The van der Waals surface area contributed by atoms with E-state index in [9.17, 15) is 0 Å². The quantitative estimate of drug-likeness (QED) is 0.249. The molecule has 0 atom stereocenters. The van der Waals surface area contributed by atoms with Crippen LogP contribution in [0, 0.1) is 0 Å². The van der Waals surface area contributed by atoms with E-state index in [0.29, 0.717) is 11.5 Å². The monoisotopic (exact) mass is 559 g/mol. The van der Waals surface area contributed by atoms with Crippen LogP contribution in [0.3, 0.4) is 0 Å². The topological polar surface area (TPSA) is 59.3 Å². The van der Waals surface area contributed by atoms with E-state index < -0.39 is 0 Å². The second-order valence-corrected chi connectivity index (χ2v) is 9.20. The van der Waals surface area contributed by atoms with Crippen molar-refractivity contribution in [2.45, 2.75) is 13.0 Å². The Balaban J connectivity index is 0.00000231. The SMILES string of the molecule is COc1ccc2c(c1OC)c(-c1ccc3c(c1)OCO3)[n+]1c3c2ccc2c4c(cc(c23)CC1)OCO4.[Br-]. The molecule has 8 heteroatoms. The maximum absolute atomic E-state index is 5.99. The van der Waals surface area contributed by atoms with Crippen molar-refractivity contribution < 1.29 is 50.0 Å². The van der Waals surface area contributed by atoms with Gasteiger partial charge < -0.3 is 45.4 Å². The van der Waals surface area contributed by atoms with Crippen LogP contribution >= 0.6 is 0 Å². The molecule has 186 valence electrons. The minimum absolute atomic E-state index is 0. The number of hydrogen-bond donors (Lipinski definition) is 0. The average molecular weight is 560 g/mol. The van der Waals surface area contributed by atoms with Gasteiger partial charge in [0.15, 0.2) is 41.0 Å². The zero-order valence-electron chi connectivity index (χ0n) is 20.2. The number of aryl methyl sites for hydroxylation is 2. The van der Waals surface area contributed by atoms with Crippen LogP contribution in [0.5, 0.6) is 34.5 Å². The minimum Gasteiger partial charge on any atom is -1.00 e. The van der Waals surface area contributed by atoms with Crippen LogP contribution in [-0.2, 0) is 13.0 Å². The van der Waals surface area contributed by atoms with Gasteiger partial charge in [0.05, 0.1) is 30.6 Å². The number of rotatable bonds is 3. The number of fused-ring (bicyclic) bond motifs is 5. The lowest BCUT2D eigenvalue weighted by Crippen LogP contribution is -3.00. The number of methoxy groups -OCH3 is 2. The van der Waals surface area contributed by atoms with Gasteiger partial charge in [0.1, 0.15) is 5.39 Å². The Bertz CT molecular complexity index is 1780. The fraction of sp³-hybridized carbons (Fsp3) is 0.207. The van der Waals surface area contributed by atoms with E-state index >= 15 is 0 Å². The smallest absolute Gasteiger partial charge is 0.231 e. The van der Waals surface area contributed by atoms with E-state index in [1.54, 1.807) is 14.2 Å². The van der Waals surface area contributed by atoms with Crippen molar-refractivity contribution in [3.63, 3.8) is 0 Å². The summed E-state index contributed by atoms with van der Waals surface area (Å²) in [5.74, 6) is 4.56. The molecule has 0 unspecified atom stereocenters. The standard InChI is InChI=1S/C29H22NO6.BrH/c1-31-21-8-6-17-18-4-5-19-24-15(11-23-28(19)36-14-35-23)9-10-30(27(18)24)26(25(17)29(21)32-2)16-3-7-20-22(12-16)34-13-33-20;/h3-8,11-12H,9-10,13-14H2,1-2H3;1H/q+1;/p-1. The zero-order chi connectivity index (χ0) is 24.0. The third kappa shape index (κ3) is 2.90. The second kappa shape index (κ2) is 8.05. The largest absolute Gasteiger partial charge is 1.00 e. The predicted octanol–water partition coefficient (Wildman–Crippen LogP) is 2.14. The Morgan fingerprint density at radius 3 is 2.38 bits per heavy atom. The van der Waals surface area contributed by atoms with Gasteiger partial charge in [0.2, 0.25) is 24.8 Å². The van der Waals surface area contributed by atoms with Crippen LogP contribution in [0.2, 0.25) is 0 Å². The van der Waals surface area contributed by atoms with Gasteiger partial charge in [0, 0.05) is 17.2 Å². The average Bonchev–Trinajstić information content (AvgIpc) is 3.59. The molecule has 0 amide bonds. The van der Waals surface area contributed by atoms with Crippen molar-refractivity contribution >= 4 is 32.4 Å². The molecule has 4 aromatic carbocycles. The number of halogens is 1. The molecule has 0 aliphatic carbocycles. The molecule has 0 N–H and O–H groups in total. The van der Waals surface area contributed by atoms with Gasteiger partial charge in [-0.05, 0) is 54.1 Å². The van der Waals surface area contributed by atoms with Crippen molar-refractivity contribution in [1.82, 2.24) is 0 Å². The number of nitrogens with zero attached hydrogens (tertiary/aromatic N) is 1. The molecular weight excluding hydrogens is 538 g/mol. The number of benzene rings is 4. The maximum atomic E-state index is 5.99. The minimum atomic E-state index is 0. The van der Waals surface area contributed by atoms with Crippen molar-refractivity contribution in [2.75, 3.05) is 27.8 Å². The summed E-state index contributed by atoms with van der Waals surface area (Å²) in [4.78, 5) is 0. The van der Waals surface area contributed by atoms with E-state index in [4.69, 9.17) is 28.4 Å². The third-order valence-corrected chi connectivity index (χ3v) is 7.55. The summed E-state index contributed by atoms with van der Waals surface area (Å²) < 4.78 is 37.1. The molecule has 0 saturated heterocycles. The Labute approximate surface area is 222 Å². The van der Waals surface area contributed by atoms with Crippen molar-refractivity contribution in [3.8, 4) is 45.8 Å². The van der Waals surface area contributed by atoms with Crippen LogP contribution in [0.15, 0.2) is 48.5 Å². The van der Waals surface area contributed by atoms with E-state index in [-0.39, 0.29) is 30.6 Å². The van der Waals surface area contributed by atoms with E-state index in [1.807, 2.05) is 12.1 Å². The summed E-state index contributed by atoms with van der Waals surface area (Å²) in [6, 6.07) is 16.7. The van der Waals surface area contributed by atoms with Crippen molar-refractivity contribution in [3.05, 3.63) is 54.1 Å². The Hall–Kier alpha value is -3.91. The van der Waals surface area contributed by atoms with Gasteiger partial charge in [0.25, 0.3) is 0 Å². The normalized spacial score (nSPS) is 14.4. The maximum Gasteiger partial charge on any atom is 0.231 e. The van der Waals surface area contributed by atoms with Gasteiger partial charge in [-0.2, -0.15) is 4.57 Å². The molecule has 0 fully saturated rings. The molecule has 1 aromatic heterocycles. The van der Waals surface area contributed by atoms with Crippen LogP contribution in [0.25, 0.3) is 43.7 Å². The highest BCUT2D eigenvalue weighted by Crippen LogP contribution is 2.49. The summed E-state index contributed by atoms with van der Waals surface area (Å²) in [5.41, 5.74) is 4.54. The van der Waals surface area contributed by atoms with E-state index in [0.717, 1.165) is 68.8 Å². The lowest BCUT2D eigenvalue weighted by atomic mass is 9.90. The lowest BCUT2D eigenvalue weighted by Gasteiger charge is -2.21. The van der Waals surface area contributed by atoms with Crippen LogP contribution in [-0.4, -0.2) is 27.8 Å². The molecule has 0 saturated carbocycles. The highest BCUT2D eigenvalue weighted by Gasteiger charge is 2.34. The van der Waals surface area contributed by atoms with Crippen molar-refractivity contribution in [2.24, 2.45) is 0 Å². The Kier molecular flexibility index (Phi) is 4.85. The molecular formula is C29H22BrNO6. The van der Waals surface area contributed by atoms with Gasteiger partial charge in [-0.25, -0.2) is 0 Å². The number of hydrogen-bond acceptors (Lipinski definition) is 6. The summed E-state index contributed by atoms with van der Waals surface area (Å²) in [6.07, 6.45) is 0.874. The van der Waals surface area contributed by atoms with Gasteiger partial charge >= 0.3 is 0 Å². The zero-order valence-corrected chi connectivity index (χ0v) is 21.8. The van der Waals surface area contributed by atoms with Gasteiger partial charge in [-0.15, -0.1) is 0 Å². The highest BCUT2D eigenvalue weighted by molar-refractivity contribution is 6.19. The summed E-state index contributed by atoms with van der Waals surface area (Å²) >= 11 is 0.